The van der Waals surface area contributed by atoms with Crippen molar-refractivity contribution in [1.29, 1.82) is 0 Å². The van der Waals surface area contributed by atoms with Crippen LogP contribution in [0.5, 0.6) is 11.5 Å². The van der Waals surface area contributed by atoms with E-state index >= 15 is 0 Å². The zero-order chi connectivity index (χ0) is 17.6. The molecule has 0 bridgehead atoms. The topological polar surface area (TPSA) is 56.8 Å². The highest BCUT2D eigenvalue weighted by molar-refractivity contribution is 5.87. The molecular formula is C20H32N2O2. The van der Waals surface area contributed by atoms with E-state index < -0.39 is 0 Å². The van der Waals surface area contributed by atoms with Crippen LogP contribution in [0, 0.1) is 11.3 Å². The summed E-state index contributed by atoms with van der Waals surface area (Å²) in [5, 5.41) is 0. The molecule has 0 atom stereocenters. The van der Waals surface area contributed by atoms with Crippen LogP contribution in [0.25, 0.3) is 0 Å². The highest BCUT2D eigenvalue weighted by atomic mass is 16.5. The van der Waals surface area contributed by atoms with E-state index in [0.29, 0.717) is 5.84 Å². The van der Waals surface area contributed by atoms with Gasteiger partial charge in [0, 0.05) is 11.5 Å². The fourth-order valence-electron chi connectivity index (χ4n) is 3.01. The van der Waals surface area contributed by atoms with Crippen LogP contribution in [-0.4, -0.2) is 19.6 Å². The highest BCUT2D eigenvalue weighted by Crippen LogP contribution is 2.33. The number of amidine groups is 1. The third-order valence-corrected chi connectivity index (χ3v) is 4.65. The van der Waals surface area contributed by atoms with Crippen LogP contribution in [0.2, 0.25) is 0 Å². The van der Waals surface area contributed by atoms with Gasteiger partial charge in [0.2, 0.25) is 0 Å². The maximum absolute atomic E-state index is 6.07. The van der Waals surface area contributed by atoms with Crippen LogP contribution < -0.4 is 15.2 Å². The second-order valence-electron chi connectivity index (χ2n) is 7.72. The Bertz CT molecular complexity index is 555. The highest BCUT2D eigenvalue weighted by Gasteiger charge is 2.16. The Morgan fingerprint density at radius 1 is 1.21 bits per heavy atom. The Morgan fingerprint density at radius 3 is 2.54 bits per heavy atom. The minimum Gasteiger partial charge on any atom is -0.493 e. The summed E-state index contributed by atoms with van der Waals surface area (Å²) in [5.74, 6) is 2.99. The lowest BCUT2D eigenvalue weighted by Gasteiger charge is -2.17. The van der Waals surface area contributed by atoms with E-state index in [9.17, 15) is 0 Å². The summed E-state index contributed by atoms with van der Waals surface area (Å²) in [7, 11) is 1.66. The number of benzene rings is 1. The number of ether oxygens (including phenoxy) is 2. The van der Waals surface area contributed by atoms with E-state index in [4.69, 9.17) is 15.2 Å². The molecule has 24 heavy (non-hydrogen) atoms. The maximum Gasteiger partial charge on any atom is 0.163 e. The standard InChI is InChI=1S/C20H32N2O2/c1-20(2,3)19(21)22-16-11-12-17(23-4)18(14-16)24-13-7-10-15-8-5-6-9-15/h11-12,14-15H,5-10,13H2,1-4H3,(H2,21,22). The smallest absolute Gasteiger partial charge is 0.163 e. The van der Waals surface area contributed by atoms with Gasteiger partial charge in [-0.25, -0.2) is 4.99 Å². The van der Waals surface area contributed by atoms with Crippen LogP contribution in [0.1, 0.15) is 59.3 Å². The van der Waals surface area contributed by atoms with Crippen molar-refractivity contribution < 1.29 is 9.47 Å². The van der Waals surface area contributed by atoms with Crippen LogP contribution in [-0.2, 0) is 0 Å². The number of methoxy groups -OCH3 is 1. The minimum atomic E-state index is -0.151. The first kappa shape index (κ1) is 18.6. The van der Waals surface area contributed by atoms with E-state index in [1.54, 1.807) is 7.11 Å². The third-order valence-electron chi connectivity index (χ3n) is 4.65. The first-order valence-electron chi connectivity index (χ1n) is 9.05. The molecule has 4 nitrogen and oxygen atoms in total. The fraction of sp³-hybridized carbons (Fsp3) is 0.650. The Morgan fingerprint density at radius 2 is 1.92 bits per heavy atom. The Labute approximate surface area is 146 Å². The van der Waals surface area contributed by atoms with E-state index in [1.807, 2.05) is 18.2 Å². The van der Waals surface area contributed by atoms with E-state index in [0.717, 1.165) is 36.1 Å². The largest absolute Gasteiger partial charge is 0.493 e. The van der Waals surface area contributed by atoms with Crippen LogP contribution >= 0.6 is 0 Å². The van der Waals surface area contributed by atoms with Gasteiger partial charge in [0.15, 0.2) is 11.5 Å². The molecule has 1 aromatic rings. The summed E-state index contributed by atoms with van der Waals surface area (Å²) >= 11 is 0. The summed E-state index contributed by atoms with van der Waals surface area (Å²) in [6, 6.07) is 5.71. The van der Waals surface area contributed by atoms with Crippen molar-refractivity contribution in [2.75, 3.05) is 13.7 Å². The van der Waals surface area contributed by atoms with Gasteiger partial charge in [-0.05, 0) is 30.9 Å². The van der Waals surface area contributed by atoms with Gasteiger partial charge in [0.25, 0.3) is 0 Å². The normalized spacial score (nSPS) is 16.4. The number of rotatable bonds is 7. The quantitative estimate of drug-likeness (QED) is 0.430. The first-order valence-corrected chi connectivity index (χ1v) is 9.05. The molecule has 2 rings (SSSR count). The molecule has 0 radical (unpaired) electrons. The summed E-state index contributed by atoms with van der Waals surface area (Å²) in [6.45, 7) is 6.87. The molecule has 134 valence electrons. The van der Waals surface area contributed by atoms with Gasteiger partial charge in [-0.1, -0.05) is 46.5 Å². The van der Waals surface area contributed by atoms with E-state index in [-0.39, 0.29) is 5.41 Å². The lowest BCUT2D eigenvalue weighted by Crippen LogP contribution is -2.28. The summed E-state index contributed by atoms with van der Waals surface area (Å²) in [5.41, 5.74) is 6.72. The molecule has 1 saturated carbocycles. The lowest BCUT2D eigenvalue weighted by atomic mass is 9.95. The molecule has 0 heterocycles. The summed E-state index contributed by atoms with van der Waals surface area (Å²) in [6.07, 6.45) is 7.92. The van der Waals surface area contributed by atoms with Crippen molar-refractivity contribution in [3.63, 3.8) is 0 Å². The van der Waals surface area contributed by atoms with Crippen molar-refractivity contribution >= 4 is 11.5 Å². The minimum absolute atomic E-state index is 0.151. The van der Waals surface area contributed by atoms with Crippen molar-refractivity contribution in [3.05, 3.63) is 18.2 Å². The first-order chi connectivity index (χ1) is 11.4. The van der Waals surface area contributed by atoms with Gasteiger partial charge in [-0.3, -0.25) is 0 Å². The predicted octanol–water partition coefficient (Wildman–Crippen LogP) is 5.08. The van der Waals surface area contributed by atoms with Crippen molar-refractivity contribution in [1.82, 2.24) is 0 Å². The number of hydrogen-bond acceptors (Lipinski definition) is 3. The molecule has 0 spiro atoms. The number of hydrogen-bond donors (Lipinski definition) is 1. The Hall–Kier alpha value is -1.71. The molecule has 4 heteroatoms. The summed E-state index contributed by atoms with van der Waals surface area (Å²) < 4.78 is 11.4. The van der Waals surface area contributed by atoms with Crippen molar-refractivity contribution in [3.8, 4) is 11.5 Å². The molecule has 0 unspecified atom stereocenters. The summed E-state index contributed by atoms with van der Waals surface area (Å²) in [4.78, 5) is 4.52. The second-order valence-corrected chi connectivity index (χ2v) is 7.72. The molecular weight excluding hydrogens is 300 g/mol. The molecule has 0 aliphatic heterocycles. The number of aliphatic imine (C=N–C) groups is 1. The van der Waals surface area contributed by atoms with E-state index in [1.165, 1.54) is 32.1 Å². The number of nitrogens with zero attached hydrogens (tertiary/aromatic N) is 1. The monoisotopic (exact) mass is 332 g/mol. The molecule has 2 N–H and O–H groups in total. The Balaban J connectivity index is 1.97. The van der Waals surface area contributed by atoms with Gasteiger partial charge < -0.3 is 15.2 Å². The molecule has 1 fully saturated rings. The third kappa shape index (κ3) is 5.43. The second kappa shape index (κ2) is 8.41. The molecule has 0 amide bonds. The molecule has 1 aliphatic carbocycles. The zero-order valence-electron chi connectivity index (χ0n) is 15.6. The number of nitrogens with two attached hydrogens (primary N) is 1. The lowest BCUT2D eigenvalue weighted by molar-refractivity contribution is 0.276. The SMILES string of the molecule is COc1ccc(/N=C(/N)C(C)(C)C)cc1OCCCC1CCCC1. The van der Waals surface area contributed by atoms with Gasteiger partial charge in [0.1, 0.15) is 5.84 Å². The van der Waals surface area contributed by atoms with E-state index in [2.05, 4.69) is 25.8 Å². The fourth-order valence-corrected chi connectivity index (χ4v) is 3.01. The molecule has 0 aromatic heterocycles. The Kier molecular flexibility index (Phi) is 6.52. The molecule has 0 saturated heterocycles. The van der Waals surface area contributed by atoms with Crippen molar-refractivity contribution in [2.24, 2.45) is 22.1 Å². The average molecular weight is 332 g/mol. The van der Waals surface area contributed by atoms with Gasteiger partial charge in [-0.15, -0.1) is 0 Å². The van der Waals surface area contributed by atoms with Crippen LogP contribution in [0.4, 0.5) is 5.69 Å². The van der Waals surface area contributed by atoms with Gasteiger partial charge >= 0.3 is 0 Å². The maximum atomic E-state index is 6.07. The molecule has 1 aliphatic rings. The van der Waals surface area contributed by atoms with Crippen LogP contribution in [0.3, 0.4) is 0 Å². The predicted molar refractivity (Wildman–Crippen MR) is 100 cm³/mol. The van der Waals surface area contributed by atoms with Crippen LogP contribution in [0.15, 0.2) is 23.2 Å². The molecule has 1 aromatic carbocycles. The zero-order valence-corrected chi connectivity index (χ0v) is 15.6. The van der Waals surface area contributed by atoms with Gasteiger partial charge in [-0.2, -0.15) is 0 Å². The van der Waals surface area contributed by atoms with Crippen molar-refractivity contribution in [2.45, 2.75) is 59.3 Å². The average Bonchev–Trinajstić information content (AvgIpc) is 3.04. The van der Waals surface area contributed by atoms with Gasteiger partial charge in [0.05, 0.1) is 19.4 Å².